The molecule has 2 aliphatic heterocycles. The summed E-state index contributed by atoms with van der Waals surface area (Å²) in [5.74, 6) is -1.16. The lowest BCUT2D eigenvalue weighted by atomic mass is 9.94. The van der Waals surface area contributed by atoms with E-state index in [1.165, 1.54) is 11.0 Å². The van der Waals surface area contributed by atoms with Gasteiger partial charge in [0.2, 0.25) is 0 Å². The van der Waals surface area contributed by atoms with E-state index in [4.69, 9.17) is 9.47 Å². The molecule has 2 atom stereocenters. The number of phenols is 1. The van der Waals surface area contributed by atoms with E-state index in [0.29, 0.717) is 35.4 Å². The average Bonchev–Trinajstić information content (AvgIpc) is 3.40. The minimum atomic E-state index is -1.00. The Bertz CT molecular complexity index is 1490. The number of rotatable bonds is 5. The summed E-state index contributed by atoms with van der Waals surface area (Å²) >= 11 is 0. The van der Waals surface area contributed by atoms with E-state index in [-0.39, 0.29) is 28.9 Å². The summed E-state index contributed by atoms with van der Waals surface area (Å²) in [5, 5.41) is 30.8. The lowest BCUT2D eigenvalue weighted by Crippen LogP contribution is -2.29. The van der Waals surface area contributed by atoms with Crippen LogP contribution in [0.2, 0.25) is 0 Å². The number of ether oxygens (including phenoxy) is 2. The molecule has 186 valence electrons. The number of phenolic OH excluding ortho intramolecular Hbond substituents is 1. The van der Waals surface area contributed by atoms with Gasteiger partial charge in [-0.05, 0) is 79.6 Å². The number of aromatic hydroxyl groups is 1. The molecule has 0 aliphatic carbocycles. The van der Waals surface area contributed by atoms with Gasteiger partial charge in [-0.15, -0.1) is 0 Å². The van der Waals surface area contributed by atoms with Crippen molar-refractivity contribution < 1.29 is 29.3 Å². The first-order valence-electron chi connectivity index (χ1n) is 11.9. The third-order valence-corrected chi connectivity index (χ3v) is 6.49. The molecule has 37 heavy (non-hydrogen) atoms. The molecule has 3 aromatic carbocycles. The molecule has 2 aliphatic rings. The first kappa shape index (κ1) is 23.9. The van der Waals surface area contributed by atoms with Crippen LogP contribution >= 0.6 is 0 Å². The molecule has 8 nitrogen and oxygen atoms in total. The predicted molar refractivity (Wildman–Crippen MR) is 135 cm³/mol. The van der Waals surface area contributed by atoms with Gasteiger partial charge in [0.15, 0.2) is 11.5 Å². The summed E-state index contributed by atoms with van der Waals surface area (Å²) < 4.78 is 11.3. The summed E-state index contributed by atoms with van der Waals surface area (Å²) in [6, 6.07) is 17.0. The average molecular weight is 497 g/mol. The van der Waals surface area contributed by atoms with E-state index >= 15 is 0 Å². The van der Waals surface area contributed by atoms with E-state index in [1.807, 2.05) is 13.0 Å². The van der Waals surface area contributed by atoms with E-state index in [1.54, 1.807) is 61.5 Å². The van der Waals surface area contributed by atoms with Crippen molar-refractivity contribution in [1.82, 2.24) is 0 Å². The van der Waals surface area contributed by atoms with Crippen molar-refractivity contribution in [2.75, 3.05) is 11.5 Å². The molecular formula is C29H24N2O6. The minimum Gasteiger partial charge on any atom is -0.507 e. The van der Waals surface area contributed by atoms with Gasteiger partial charge in [0.1, 0.15) is 17.6 Å². The van der Waals surface area contributed by atoms with Crippen LogP contribution in [0, 0.1) is 11.3 Å². The number of fused-ring (bicyclic) bond motifs is 1. The number of ketones is 1. The third kappa shape index (κ3) is 4.15. The van der Waals surface area contributed by atoms with Crippen LogP contribution < -0.4 is 14.4 Å². The monoisotopic (exact) mass is 496 g/mol. The molecule has 2 N–H and O–H groups in total. The van der Waals surface area contributed by atoms with E-state index < -0.39 is 17.7 Å². The minimum absolute atomic E-state index is 0.00309. The fraction of sp³-hybridized carbons (Fsp3) is 0.207. The Morgan fingerprint density at radius 1 is 1.14 bits per heavy atom. The van der Waals surface area contributed by atoms with Gasteiger partial charge in [0, 0.05) is 17.7 Å². The van der Waals surface area contributed by atoms with Crippen LogP contribution in [0.15, 0.2) is 66.2 Å². The highest BCUT2D eigenvalue weighted by Gasteiger charge is 2.47. The first-order chi connectivity index (χ1) is 17.8. The molecule has 0 aromatic heterocycles. The Balaban J connectivity index is 1.70. The van der Waals surface area contributed by atoms with Crippen LogP contribution in [0.25, 0.3) is 5.76 Å². The van der Waals surface area contributed by atoms with Gasteiger partial charge in [-0.1, -0.05) is 6.07 Å². The maximum absolute atomic E-state index is 13.4. The van der Waals surface area contributed by atoms with Crippen molar-refractivity contribution in [3.05, 3.63) is 88.5 Å². The number of nitrogens with zero attached hydrogens (tertiary/aromatic N) is 2. The second kappa shape index (κ2) is 9.36. The normalized spacial score (nSPS) is 19.9. The van der Waals surface area contributed by atoms with Gasteiger partial charge in [0.25, 0.3) is 11.7 Å². The molecule has 3 aromatic rings. The molecule has 0 radical (unpaired) electrons. The Morgan fingerprint density at radius 2 is 1.89 bits per heavy atom. The molecular weight excluding hydrogens is 472 g/mol. The highest BCUT2D eigenvalue weighted by Crippen LogP contribution is 2.44. The Hall–Kier alpha value is -4.77. The van der Waals surface area contributed by atoms with Crippen LogP contribution in [0.5, 0.6) is 17.2 Å². The number of amides is 1. The van der Waals surface area contributed by atoms with Crippen LogP contribution in [0.3, 0.4) is 0 Å². The summed E-state index contributed by atoms with van der Waals surface area (Å²) in [7, 11) is 0. The number of hydrogen-bond donors (Lipinski definition) is 2. The maximum atomic E-state index is 13.4. The van der Waals surface area contributed by atoms with Gasteiger partial charge in [-0.2, -0.15) is 5.26 Å². The summed E-state index contributed by atoms with van der Waals surface area (Å²) in [6.45, 7) is 4.01. The van der Waals surface area contributed by atoms with Crippen molar-refractivity contribution in [3.63, 3.8) is 0 Å². The SMILES string of the molecule is CCOc1cc(C2/C(=C(\O)c3ccc4c(c3)CC(C)O4)C(=O)C(=O)N2c2ccc(C#N)cc2)ccc1O. The van der Waals surface area contributed by atoms with Gasteiger partial charge in [-0.25, -0.2) is 0 Å². The Morgan fingerprint density at radius 3 is 2.59 bits per heavy atom. The number of Topliss-reactive ketones (excluding diaryl/α,β-unsaturated/α-hetero) is 1. The van der Waals surface area contributed by atoms with Gasteiger partial charge in [-0.3, -0.25) is 14.5 Å². The second-order valence-corrected chi connectivity index (χ2v) is 8.94. The number of aliphatic hydroxyl groups is 1. The van der Waals surface area contributed by atoms with Crippen molar-refractivity contribution in [3.8, 4) is 23.3 Å². The number of aliphatic hydroxyl groups excluding tert-OH is 1. The zero-order valence-electron chi connectivity index (χ0n) is 20.3. The summed E-state index contributed by atoms with van der Waals surface area (Å²) in [4.78, 5) is 28.1. The number of nitriles is 1. The topological polar surface area (TPSA) is 120 Å². The van der Waals surface area contributed by atoms with Crippen LogP contribution in [-0.2, 0) is 16.0 Å². The molecule has 0 spiro atoms. The van der Waals surface area contributed by atoms with Crippen molar-refractivity contribution in [2.24, 2.45) is 0 Å². The molecule has 0 saturated carbocycles. The van der Waals surface area contributed by atoms with Crippen molar-refractivity contribution in [1.29, 1.82) is 5.26 Å². The van der Waals surface area contributed by atoms with Gasteiger partial charge >= 0.3 is 0 Å². The van der Waals surface area contributed by atoms with E-state index in [2.05, 4.69) is 0 Å². The zero-order valence-corrected chi connectivity index (χ0v) is 20.3. The molecule has 1 saturated heterocycles. The highest BCUT2D eigenvalue weighted by molar-refractivity contribution is 6.51. The fourth-order valence-corrected chi connectivity index (χ4v) is 4.81. The number of benzene rings is 3. The molecule has 1 amide bonds. The molecule has 8 heteroatoms. The quantitative estimate of drug-likeness (QED) is 0.301. The number of hydrogen-bond acceptors (Lipinski definition) is 7. The predicted octanol–water partition coefficient (Wildman–Crippen LogP) is 4.61. The number of carbonyl (C=O) groups is 2. The molecule has 0 bridgehead atoms. The smallest absolute Gasteiger partial charge is 0.300 e. The Labute approximate surface area is 213 Å². The molecule has 2 heterocycles. The fourth-order valence-electron chi connectivity index (χ4n) is 4.81. The first-order valence-corrected chi connectivity index (χ1v) is 11.9. The van der Waals surface area contributed by atoms with E-state index in [9.17, 15) is 25.1 Å². The number of carbonyl (C=O) groups excluding carboxylic acids is 2. The van der Waals surface area contributed by atoms with Crippen LogP contribution in [-0.4, -0.2) is 34.6 Å². The van der Waals surface area contributed by atoms with Crippen molar-refractivity contribution in [2.45, 2.75) is 32.4 Å². The van der Waals surface area contributed by atoms with Crippen LogP contribution in [0.4, 0.5) is 5.69 Å². The van der Waals surface area contributed by atoms with E-state index in [0.717, 1.165) is 11.3 Å². The van der Waals surface area contributed by atoms with Gasteiger partial charge in [0.05, 0.1) is 29.9 Å². The maximum Gasteiger partial charge on any atom is 0.300 e. The third-order valence-electron chi connectivity index (χ3n) is 6.49. The van der Waals surface area contributed by atoms with Gasteiger partial charge < -0.3 is 19.7 Å². The van der Waals surface area contributed by atoms with Crippen molar-refractivity contribution >= 4 is 23.1 Å². The standard InChI is InChI=1S/C29H24N2O6/c1-3-36-24-14-18(6-10-22(24)32)26-25(27(33)19-7-11-23-20(13-19)12-16(2)37-23)28(34)29(35)31(26)21-8-4-17(15-30)5-9-21/h4-11,13-14,16,26,32-33H,3,12H2,1-2H3/b27-25+. The molecule has 1 fully saturated rings. The lowest BCUT2D eigenvalue weighted by molar-refractivity contribution is -0.132. The highest BCUT2D eigenvalue weighted by atomic mass is 16.5. The lowest BCUT2D eigenvalue weighted by Gasteiger charge is -2.26. The summed E-state index contributed by atoms with van der Waals surface area (Å²) in [5.41, 5.74) is 2.45. The number of anilines is 1. The molecule has 2 unspecified atom stereocenters. The van der Waals surface area contributed by atoms with Crippen LogP contribution in [0.1, 0.15) is 42.1 Å². The Kier molecular flexibility index (Phi) is 6.06. The summed E-state index contributed by atoms with van der Waals surface area (Å²) in [6.07, 6.45) is 0.665. The largest absolute Gasteiger partial charge is 0.507 e. The molecule has 5 rings (SSSR count). The zero-order chi connectivity index (χ0) is 26.3. The second-order valence-electron chi connectivity index (χ2n) is 8.94.